The van der Waals surface area contributed by atoms with Gasteiger partial charge in [-0.05, 0) is 60.2 Å². The van der Waals surface area contributed by atoms with Crippen molar-refractivity contribution >= 4 is 23.2 Å². The number of ether oxygens (including phenoxy) is 1. The largest absolute Gasteiger partial charge is 0.489 e. The molecule has 134 valence electrons. The average Bonchev–Trinajstić information content (AvgIpc) is 2.47. The Morgan fingerprint density at radius 1 is 1.12 bits per heavy atom. The second kappa shape index (κ2) is 7.92. The minimum atomic E-state index is -0.0358. The van der Waals surface area contributed by atoms with Gasteiger partial charge in [-0.2, -0.15) is 0 Å². The van der Waals surface area contributed by atoms with Crippen molar-refractivity contribution in [3.8, 4) is 5.75 Å². The van der Waals surface area contributed by atoms with Crippen LogP contribution in [-0.4, -0.2) is 5.91 Å². The summed E-state index contributed by atoms with van der Waals surface area (Å²) in [7, 11) is 0. The molecule has 0 aliphatic rings. The highest BCUT2D eigenvalue weighted by molar-refractivity contribution is 6.30. The predicted octanol–water partition coefficient (Wildman–Crippen LogP) is 5.91. The Balaban J connectivity index is 2.07. The fraction of sp³-hybridized carbons (Fsp3) is 0.381. The molecule has 0 spiro atoms. The zero-order chi connectivity index (χ0) is 18.6. The molecule has 2 rings (SSSR count). The van der Waals surface area contributed by atoms with E-state index < -0.39 is 0 Å². The first-order valence-electron chi connectivity index (χ1n) is 8.42. The molecule has 0 heterocycles. The topological polar surface area (TPSA) is 38.3 Å². The highest BCUT2D eigenvalue weighted by atomic mass is 35.5. The Morgan fingerprint density at radius 3 is 2.32 bits per heavy atom. The third-order valence-electron chi connectivity index (χ3n) is 3.76. The monoisotopic (exact) mass is 359 g/mol. The summed E-state index contributed by atoms with van der Waals surface area (Å²) >= 11 is 6.00. The summed E-state index contributed by atoms with van der Waals surface area (Å²) in [6.07, 6.45) is 0.485. The number of halogens is 1. The van der Waals surface area contributed by atoms with Gasteiger partial charge in [0, 0.05) is 17.1 Å². The van der Waals surface area contributed by atoms with E-state index >= 15 is 0 Å². The molecule has 0 bridgehead atoms. The fourth-order valence-electron chi connectivity index (χ4n) is 2.66. The van der Waals surface area contributed by atoms with Gasteiger partial charge in [-0.3, -0.25) is 4.79 Å². The number of rotatable bonds is 5. The maximum Gasteiger partial charge on any atom is 0.224 e. The SMILES string of the molecule is Cc1cc(OCc2cccc(Cl)c2)cc(C)c1NC(=O)CC(C)(C)C. The molecule has 3 nitrogen and oxygen atoms in total. The number of hydrogen-bond donors (Lipinski definition) is 1. The third kappa shape index (κ3) is 6.09. The van der Waals surface area contributed by atoms with Crippen LogP contribution >= 0.6 is 11.6 Å². The van der Waals surface area contributed by atoms with E-state index in [1.165, 1.54) is 0 Å². The van der Waals surface area contributed by atoms with E-state index in [4.69, 9.17) is 16.3 Å². The van der Waals surface area contributed by atoms with Crippen molar-refractivity contribution in [3.63, 3.8) is 0 Å². The summed E-state index contributed by atoms with van der Waals surface area (Å²) in [5.74, 6) is 0.815. The van der Waals surface area contributed by atoms with Gasteiger partial charge in [-0.1, -0.05) is 44.5 Å². The molecule has 1 amide bonds. The highest BCUT2D eigenvalue weighted by Crippen LogP contribution is 2.28. The predicted molar refractivity (Wildman–Crippen MR) is 104 cm³/mol. The van der Waals surface area contributed by atoms with Crippen LogP contribution in [0.25, 0.3) is 0 Å². The first kappa shape index (κ1) is 19.3. The van der Waals surface area contributed by atoms with Gasteiger partial charge in [0.15, 0.2) is 0 Å². The van der Waals surface area contributed by atoms with E-state index in [0.717, 1.165) is 28.1 Å². The van der Waals surface area contributed by atoms with Crippen molar-refractivity contribution in [3.05, 3.63) is 58.1 Å². The molecule has 1 N–H and O–H groups in total. The molecular weight excluding hydrogens is 334 g/mol. The van der Waals surface area contributed by atoms with Gasteiger partial charge in [-0.25, -0.2) is 0 Å². The molecule has 4 heteroatoms. The lowest BCUT2D eigenvalue weighted by Crippen LogP contribution is -2.20. The van der Waals surface area contributed by atoms with Crippen LogP contribution in [0.4, 0.5) is 5.69 Å². The Kier molecular flexibility index (Phi) is 6.12. The van der Waals surface area contributed by atoms with Crippen LogP contribution in [-0.2, 0) is 11.4 Å². The molecule has 0 saturated carbocycles. The Hall–Kier alpha value is -2.00. The van der Waals surface area contributed by atoms with Crippen molar-refractivity contribution in [2.24, 2.45) is 5.41 Å². The maximum absolute atomic E-state index is 12.2. The Labute approximate surface area is 155 Å². The smallest absolute Gasteiger partial charge is 0.224 e. The summed E-state index contributed by atoms with van der Waals surface area (Å²) in [6, 6.07) is 11.5. The number of carbonyl (C=O) groups excluding carboxylic acids is 1. The number of aryl methyl sites for hydroxylation is 2. The quantitative estimate of drug-likeness (QED) is 0.720. The Morgan fingerprint density at radius 2 is 1.76 bits per heavy atom. The van der Waals surface area contributed by atoms with E-state index in [0.29, 0.717) is 18.1 Å². The summed E-state index contributed by atoms with van der Waals surface area (Å²) in [4.78, 5) is 12.2. The number of benzene rings is 2. The molecule has 0 saturated heterocycles. The molecule has 0 aromatic heterocycles. The summed E-state index contributed by atoms with van der Waals surface area (Å²) in [6.45, 7) is 10.6. The molecule has 0 fully saturated rings. The lowest BCUT2D eigenvalue weighted by atomic mass is 9.92. The summed E-state index contributed by atoms with van der Waals surface area (Å²) in [5.41, 5.74) is 3.83. The normalized spacial score (nSPS) is 11.3. The minimum Gasteiger partial charge on any atom is -0.489 e. The van der Waals surface area contributed by atoms with Crippen LogP contribution in [0.5, 0.6) is 5.75 Å². The van der Waals surface area contributed by atoms with E-state index in [9.17, 15) is 4.79 Å². The molecule has 0 radical (unpaired) electrons. The van der Waals surface area contributed by atoms with Crippen molar-refractivity contribution in [1.82, 2.24) is 0 Å². The second-order valence-electron chi connectivity index (χ2n) is 7.64. The van der Waals surface area contributed by atoms with Gasteiger partial charge in [0.2, 0.25) is 5.91 Å². The second-order valence-corrected chi connectivity index (χ2v) is 8.07. The van der Waals surface area contributed by atoms with Gasteiger partial charge < -0.3 is 10.1 Å². The van der Waals surface area contributed by atoms with Crippen molar-refractivity contribution < 1.29 is 9.53 Å². The minimum absolute atomic E-state index is 0.0336. The summed E-state index contributed by atoms with van der Waals surface area (Å²) < 4.78 is 5.88. The van der Waals surface area contributed by atoms with Crippen molar-refractivity contribution in [2.45, 2.75) is 47.6 Å². The van der Waals surface area contributed by atoms with Gasteiger partial charge in [0.25, 0.3) is 0 Å². The van der Waals surface area contributed by atoms with Crippen molar-refractivity contribution in [2.75, 3.05) is 5.32 Å². The zero-order valence-corrected chi connectivity index (χ0v) is 16.3. The number of nitrogens with one attached hydrogen (secondary N) is 1. The highest BCUT2D eigenvalue weighted by Gasteiger charge is 2.17. The van der Waals surface area contributed by atoms with Crippen LogP contribution in [0.2, 0.25) is 5.02 Å². The van der Waals surface area contributed by atoms with Gasteiger partial charge in [-0.15, -0.1) is 0 Å². The van der Waals surface area contributed by atoms with E-state index in [1.54, 1.807) is 0 Å². The fourth-order valence-corrected chi connectivity index (χ4v) is 2.88. The van der Waals surface area contributed by atoms with Crippen LogP contribution in [0, 0.1) is 19.3 Å². The lowest BCUT2D eigenvalue weighted by Gasteiger charge is -2.19. The standard InChI is InChI=1S/C21H26ClNO2/c1-14-9-18(25-13-16-7-6-8-17(22)11-16)10-15(2)20(14)23-19(24)12-21(3,4)5/h6-11H,12-13H2,1-5H3,(H,23,24). The number of carbonyl (C=O) groups is 1. The molecule has 0 aliphatic heterocycles. The summed E-state index contributed by atoms with van der Waals surface area (Å²) in [5, 5.41) is 3.73. The van der Waals surface area contributed by atoms with Crippen LogP contribution in [0.3, 0.4) is 0 Å². The molecule has 0 unspecified atom stereocenters. The molecule has 2 aromatic carbocycles. The lowest BCUT2D eigenvalue weighted by molar-refractivity contribution is -0.117. The number of anilines is 1. The zero-order valence-electron chi connectivity index (χ0n) is 15.6. The molecule has 2 aromatic rings. The van der Waals surface area contributed by atoms with Crippen LogP contribution in [0.1, 0.15) is 43.9 Å². The van der Waals surface area contributed by atoms with E-state index in [1.807, 2.05) is 50.2 Å². The van der Waals surface area contributed by atoms with Crippen LogP contribution < -0.4 is 10.1 Å². The van der Waals surface area contributed by atoms with Gasteiger partial charge in [0.05, 0.1) is 0 Å². The van der Waals surface area contributed by atoms with E-state index in [-0.39, 0.29) is 11.3 Å². The Bertz CT molecular complexity index is 740. The maximum atomic E-state index is 12.2. The molecule has 0 aliphatic carbocycles. The van der Waals surface area contributed by atoms with Gasteiger partial charge in [0.1, 0.15) is 12.4 Å². The van der Waals surface area contributed by atoms with Crippen LogP contribution in [0.15, 0.2) is 36.4 Å². The third-order valence-corrected chi connectivity index (χ3v) is 3.99. The number of amides is 1. The first-order chi connectivity index (χ1) is 11.6. The van der Waals surface area contributed by atoms with Gasteiger partial charge >= 0.3 is 0 Å². The average molecular weight is 360 g/mol. The molecule has 25 heavy (non-hydrogen) atoms. The number of hydrogen-bond acceptors (Lipinski definition) is 2. The van der Waals surface area contributed by atoms with Crippen molar-refractivity contribution in [1.29, 1.82) is 0 Å². The molecule has 0 atom stereocenters. The first-order valence-corrected chi connectivity index (χ1v) is 8.80. The molecular formula is C21H26ClNO2. The van der Waals surface area contributed by atoms with E-state index in [2.05, 4.69) is 26.1 Å².